The second kappa shape index (κ2) is 5.18. The fourth-order valence-electron chi connectivity index (χ4n) is 1.49. The Labute approximate surface area is 73.9 Å². The monoisotopic (exact) mass is 168 g/mol. The molecule has 2 nitrogen and oxygen atoms in total. The van der Waals surface area contributed by atoms with Crippen LogP contribution in [-0.2, 0) is 4.74 Å². The molecule has 0 saturated carbocycles. The van der Waals surface area contributed by atoms with E-state index in [9.17, 15) is 5.11 Å². The van der Waals surface area contributed by atoms with Crippen LogP contribution < -0.4 is 0 Å². The third-order valence-electron chi connectivity index (χ3n) is 2.23. The van der Waals surface area contributed by atoms with Crippen molar-refractivity contribution >= 4 is 0 Å². The fourth-order valence-corrected chi connectivity index (χ4v) is 1.49. The molecule has 0 spiro atoms. The van der Waals surface area contributed by atoms with Gasteiger partial charge >= 0.3 is 0 Å². The van der Waals surface area contributed by atoms with Crippen molar-refractivity contribution in [2.24, 2.45) is 0 Å². The zero-order valence-electron chi connectivity index (χ0n) is 7.33. The van der Waals surface area contributed by atoms with Crippen LogP contribution >= 0.6 is 0 Å². The Kier molecular flexibility index (Phi) is 4.13. The van der Waals surface area contributed by atoms with Crippen LogP contribution in [0.2, 0.25) is 0 Å². The van der Waals surface area contributed by atoms with Crippen molar-refractivity contribution in [3.8, 4) is 12.3 Å². The molecule has 68 valence electrons. The first-order valence-corrected chi connectivity index (χ1v) is 4.57. The van der Waals surface area contributed by atoms with Crippen molar-refractivity contribution in [3.63, 3.8) is 0 Å². The van der Waals surface area contributed by atoms with Crippen LogP contribution in [-0.4, -0.2) is 23.9 Å². The number of aliphatic hydroxyl groups is 1. The first-order valence-electron chi connectivity index (χ1n) is 4.57. The lowest BCUT2D eigenvalue weighted by Gasteiger charge is -2.26. The Balaban J connectivity index is 2.21. The van der Waals surface area contributed by atoms with Gasteiger partial charge in [0.25, 0.3) is 0 Å². The van der Waals surface area contributed by atoms with Gasteiger partial charge in [-0.2, -0.15) is 0 Å². The molecule has 0 aromatic heterocycles. The molecule has 1 aliphatic rings. The van der Waals surface area contributed by atoms with E-state index in [0.717, 1.165) is 25.9 Å². The van der Waals surface area contributed by atoms with Gasteiger partial charge in [0, 0.05) is 13.0 Å². The summed E-state index contributed by atoms with van der Waals surface area (Å²) in [6.45, 7) is 0.789. The number of terminal acetylenes is 1. The Morgan fingerprint density at radius 3 is 3.00 bits per heavy atom. The van der Waals surface area contributed by atoms with E-state index in [1.807, 2.05) is 0 Å². The highest BCUT2D eigenvalue weighted by molar-refractivity contribution is 4.86. The highest BCUT2D eigenvalue weighted by Gasteiger charge is 2.21. The van der Waals surface area contributed by atoms with Gasteiger partial charge in [-0.1, -0.05) is 0 Å². The van der Waals surface area contributed by atoms with Gasteiger partial charge in [0.2, 0.25) is 0 Å². The van der Waals surface area contributed by atoms with Crippen molar-refractivity contribution in [1.29, 1.82) is 0 Å². The molecule has 12 heavy (non-hydrogen) atoms. The smallest absolute Gasteiger partial charge is 0.0834 e. The quantitative estimate of drug-likeness (QED) is 0.644. The van der Waals surface area contributed by atoms with E-state index in [1.165, 1.54) is 0 Å². The van der Waals surface area contributed by atoms with Gasteiger partial charge in [0.15, 0.2) is 0 Å². The van der Waals surface area contributed by atoms with Crippen LogP contribution in [0.4, 0.5) is 0 Å². The zero-order chi connectivity index (χ0) is 8.81. The molecule has 2 heteroatoms. The largest absolute Gasteiger partial charge is 0.390 e. The second-order valence-electron chi connectivity index (χ2n) is 3.22. The maximum atomic E-state index is 9.58. The van der Waals surface area contributed by atoms with Crippen LogP contribution in [0.25, 0.3) is 0 Å². The van der Waals surface area contributed by atoms with Gasteiger partial charge in [-0.3, -0.25) is 0 Å². The number of hydrogen-bond donors (Lipinski definition) is 1. The van der Waals surface area contributed by atoms with Gasteiger partial charge in [-0.05, 0) is 25.7 Å². The lowest BCUT2D eigenvalue weighted by Crippen LogP contribution is -2.31. The second-order valence-corrected chi connectivity index (χ2v) is 3.22. The van der Waals surface area contributed by atoms with E-state index in [4.69, 9.17) is 11.2 Å². The van der Waals surface area contributed by atoms with Gasteiger partial charge in [0.05, 0.1) is 12.2 Å². The Morgan fingerprint density at radius 1 is 1.58 bits per heavy atom. The van der Waals surface area contributed by atoms with E-state index in [2.05, 4.69) is 5.92 Å². The lowest BCUT2D eigenvalue weighted by atomic mass is 10.0. The molecule has 1 rings (SSSR count). The van der Waals surface area contributed by atoms with Gasteiger partial charge < -0.3 is 9.84 Å². The van der Waals surface area contributed by atoms with Crippen LogP contribution in [0.5, 0.6) is 0 Å². The minimum atomic E-state index is -0.360. The first kappa shape index (κ1) is 9.57. The number of hydrogen-bond acceptors (Lipinski definition) is 2. The highest BCUT2D eigenvalue weighted by atomic mass is 16.5. The van der Waals surface area contributed by atoms with Crippen molar-refractivity contribution < 1.29 is 9.84 Å². The first-order chi connectivity index (χ1) is 5.84. The Hall–Kier alpha value is -0.520. The average molecular weight is 168 g/mol. The summed E-state index contributed by atoms with van der Waals surface area (Å²) in [5, 5.41) is 9.58. The molecule has 1 N–H and O–H groups in total. The summed E-state index contributed by atoms with van der Waals surface area (Å²) in [4.78, 5) is 0. The summed E-state index contributed by atoms with van der Waals surface area (Å²) >= 11 is 0. The van der Waals surface area contributed by atoms with E-state index < -0.39 is 0 Å². The molecule has 0 aromatic rings. The summed E-state index contributed by atoms with van der Waals surface area (Å²) in [5.41, 5.74) is 0. The molecule has 1 heterocycles. The third kappa shape index (κ3) is 2.84. The van der Waals surface area contributed by atoms with Crippen LogP contribution in [0, 0.1) is 12.3 Å². The number of aliphatic hydroxyl groups excluding tert-OH is 1. The zero-order valence-corrected chi connectivity index (χ0v) is 7.33. The van der Waals surface area contributed by atoms with Crippen LogP contribution in [0.3, 0.4) is 0 Å². The van der Waals surface area contributed by atoms with Gasteiger partial charge in [-0.15, -0.1) is 12.3 Å². The summed E-state index contributed by atoms with van der Waals surface area (Å²) in [7, 11) is 0. The van der Waals surface area contributed by atoms with Crippen LogP contribution in [0.1, 0.15) is 32.1 Å². The number of rotatable bonds is 3. The van der Waals surface area contributed by atoms with Gasteiger partial charge in [0.1, 0.15) is 0 Å². The molecule has 1 saturated heterocycles. The lowest BCUT2D eigenvalue weighted by molar-refractivity contribution is -0.0636. The Bertz CT molecular complexity index is 154. The third-order valence-corrected chi connectivity index (χ3v) is 2.23. The topological polar surface area (TPSA) is 29.5 Å². The van der Waals surface area contributed by atoms with Crippen molar-refractivity contribution in [3.05, 3.63) is 0 Å². The predicted molar refractivity (Wildman–Crippen MR) is 47.7 cm³/mol. The molecule has 2 atom stereocenters. The van der Waals surface area contributed by atoms with E-state index in [1.54, 1.807) is 0 Å². The van der Waals surface area contributed by atoms with Crippen molar-refractivity contribution in [2.45, 2.75) is 44.3 Å². The molecular formula is C10H16O2. The van der Waals surface area contributed by atoms with E-state index in [0.29, 0.717) is 12.8 Å². The maximum absolute atomic E-state index is 9.58. The standard InChI is InChI=1S/C10H16O2/c1-2-3-6-9(11)10-7-4-5-8-12-10/h1,9-11H,3-8H2. The minimum absolute atomic E-state index is 0.0344. The minimum Gasteiger partial charge on any atom is -0.390 e. The van der Waals surface area contributed by atoms with E-state index in [-0.39, 0.29) is 12.2 Å². The molecule has 0 aromatic carbocycles. The summed E-state index contributed by atoms with van der Waals surface area (Å²) in [6, 6.07) is 0. The SMILES string of the molecule is C#CCCC(O)C1CCCCO1. The Morgan fingerprint density at radius 2 is 2.42 bits per heavy atom. The predicted octanol–water partition coefficient (Wildman–Crippen LogP) is 1.33. The molecule has 0 radical (unpaired) electrons. The highest BCUT2D eigenvalue weighted by Crippen LogP contribution is 2.18. The summed E-state index contributed by atoms with van der Waals surface area (Å²) < 4.78 is 5.42. The van der Waals surface area contributed by atoms with E-state index >= 15 is 0 Å². The fraction of sp³-hybridized carbons (Fsp3) is 0.800. The molecule has 1 fully saturated rings. The molecule has 1 aliphatic heterocycles. The molecule has 2 unspecified atom stereocenters. The maximum Gasteiger partial charge on any atom is 0.0834 e. The summed E-state index contributed by atoms with van der Waals surface area (Å²) in [6.07, 6.45) is 9.35. The molecule has 0 aliphatic carbocycles. The van der Waals surface area contributed by atoms with Crippen LogP contribution in [0.15, 0.2) is 0 Å². The normalized spacial score (nSPS) is 26.2. The molecule has 0 amide bonds. The number of ether oxygens (including phenoxy) is 1. The summed E-state index contributed by atoms with van der Waals surface area (Å²) in [5.74, 6) is 2.52. The average Bonchev–Trinajstić information content (AvgIpc) is 2.15. The van der Waals surface area contributed by atoms with Crippen molar-refractivity contribution in [1.82, 2.24) is 0 Å². The van der Waals surface area contributed by atoms with Gasteiger partial charge in [-0.25, -0.2) is 0 Å². The van der Waals surface area contributed by atoms with Crippen molar-refractivity contribution in [2.75, 3.05) is 6.61 Å². The molecule has 0 bridgehead atoms. The molecular weight excluding hydrogens is 152 g/mol.